The topological polar surface area (TPSA) is 113 Å². The van der Waals surface area contributed by atoms with Gasteiger partial charge in [0.1, 0.15) is 11.5 Å². The van der Waals surface area contributed by atoms with Crippen molar-refractivity contribution in [3.63, 3.8) is 0 Å². The summed E-state index contributed by atoms with van der Waals surface area (Å²) >= 11 is 0. The van der Waals surface area contributed by atoms with Crippen molar-refractivity contribution in [3.05, 3.63) is 120 Å². The number of esters is 2. The van der Waals surface area contributed by atoms with Crippen LogP contribution >= 0.6 is 0 Å². The summed E-state index contributed by atoms with van der Waals surface area (Å²) < 4.78 is 21.7. The molecule has 0 aliphatic heterocycles. The fourth-order valence-electron chi connectivity index (χ4n) is 3.33. The molecule has 0 bridgehead atoms. The van der Waals surface area contributed by atoms with E-state index in [1.165, 1.54) is 25.5 Å². The van der Waals surface area contributed by atoms with E-state index in [9.17, 15) is 14.4 Å². The van der Waals surface area contributed by atoms with Crippen molar-refractivity contribution < 1.29 is 33.3 Å². The van der Waals surface area contributed by atoms with Gasteiger partial charge in [-0.3, -0.25) is 4.79 Å². The van der Waals surface area contributed by atoms with E-state index in [0.29, 0.717) is 28.2 Å². The first kappa shape index (κ1) is 26.6. The fourth-order valence-corrected chi connectivity index (χ4v) is 3.33. The molecule has 1 N–H and O–H groups in total. The van der Waals surface area contributed by atoms with Gasteiger partial charge in [-0.25, -0.2) is 15.0 Å². The van der Waals surface area contributed by atoms with Crippen LogP contribution in [0.15, 0.2) is 108 Å². The second kappa shape index (κ2) is 13.2. The van der Waals surface area contributed by atoms with Crippen LogP contribution in [-0.4, -0.2) is 37.8 Å². The third-order valence-electron chi connectivity index (χ3n) is 5.24. The molecule has 0 radical (unpaired) electrons. The van der Waals surface area contributed by atoms with Gasteiger partial charge in [0.15, 0.2) is 18.1 Å². The largest absolute Gasteiger partial charge is 0.493 e. The van der Waals surface area contributed by atoms with E-state index in [0.717, 1.165) is 0 Å². The van der Waals surface area contributed by atoms with Crippen molar-refractivity contribution in [1.29, 1.82) is 0 Å². The number of ether oxygens (including phenoxy) is 4. The van der Waals surface area contributed by atoms with E-state index in [2.05, 4.69) is 10.5 Å². The Morgan fingerprint density at radius 2 is 1.31 bits per heavy atom. The number of amides is 1. The van der Waals surface area contributed by atoms with E-state index in [1.54, 1.807) is 91.0 Å². The molecule has 0 fully saturated rings. The summed E-state index contributed by atoms with van der Waals surface area (Å²) in [5.74, 6) is -0.572. The molecule has 0 heterocycles. The second-order valence-corrected chi connectivity index (χ2v) is 7.94. The third-order valence-corrected chi connectivity index (χ3v) is 5.24. The van der Waals surface area contributed by atoms with Gasteiger partial charge in [0.25, 0.3) is 5.91 Å². The maximum Gasteiger partial charge on any atom is 0.343 e. The number of carbonyl (C=O) groups is 3. The summed E-state index contributed by atoms with van der Waals surface area (Å²) in [5, 5.41) is 3.94. The van der Waals surface area contributed by atoms with Crippen LogP contribution in [0.2, 0.25) is 0 Å². The molecule has 0 spiro atoms. The van der Waals surface area contributed by atoms with E-state index in [-0.39, 0.29) is 18.1 Å². The average molecular weight is 525 g/mol. The Morgan fingerprint density at radius 1 is 0.718 bits per heavy atom. The SMILES string of the molecule is COc1ccccc1OCC(=O)N/N=C/c1ccc(OC(=O)c2ccccc2)cc1OC(=O)c1ccccc1. The number of carbonyl (C=O) groups excluding carboxylic acids is 3. The molecule has 0 unspecified atom stereocenters. The molecule has 4 rings (SSSR count). The lowest BCUT2D eigenvalue weighted by molar-refractivity contribution is -0.123. The highest BCUT2D eigenvalue weighted by Gasteiger charge is 2.15. The Bertz CT molecular complexity index is 1470. The first-order chi connectivity index (χ1) is 19.0. The highest BCUT2D eigenvalue weighted by atomic mass is 16.5. The van der Waals surface area contributed by atoms with Gasteiger partial charge in [-0.15, -0.1) is 0 Å². The Balaban J connectivity index is 1.47. The molecule has 9 nitrogen and oxygen atoms in total. The maximum atomic E-state index is 12.7. The molecular formula is C30H24N2O7. The lowest BCUT2D eigenvalue weighted by Gasteiger charge is -2.11. The highest BCUT2D eigenvalue weighted by molar-refractivity contribution is 5.94. The molecular weight excluding hydrogens is 500 g/mol. The predicted octanol–water partition coefficient (Wildman–Crippen LogP) is 4.66. The standard InChI is InChI=1S/C30H24N2O7/c1-36-25-14-8-9-15-26(25)37-20-28(33)32-31-19-23-16-17-24(38-29(34)21-10-4-2-5-11-21)18-27(23)39-30(35)22-12-6-3-7-13-22/h2-19H,20H2,1H3,(H,32,33)/b31-19+. The van der Waals surface area contributed by atoms with Gasteiger partial charge in [-0.1, -0.05) is 48.5 Å². The van der Waals surface area contributed by atoms with Crippen LogP contribution in [0.1, 0.15) is 26.3 Å². The highest BCUT2D eigenvalue weighted by Crippen LogP contribution is 2.26. The van der Waals surface area contributed by atoms with Crippen LogP contribution in [0.5, 0.6) is 23.0 Å². The summed E-state index contributed by atoms with van der Waals surface area (Å²) in [6.45, 7) is -0.304. The normalized spacial score (nSPS) is 10.5. The number of nitrogens with zero attached hydrogens (tertiary/aromatic N) is 1. The molecule has 1 amide bonds. The molecule has 9 heteroatoms. The predicted molar refractivity (Wildman–Crippen MR) is 143 cm³/mol. The Morgan fingerprint density at radius 3 is 1.95 bits per heavy atom. The van der Waals surface area contributed by atoms with Gasteiger partial charge >= 0.3 is 11.9 Å². The minimum absolute atomic E-state index is 0.0745. The minimum atomic E-state index is -0.619. The second-order valence-electron chi connectivity index (χ2n) is 7.94. The lowest BCUT2D eigenvalue weighted by Crippen LogP contribution is -2.24. The van der Waals surface area contributed by atoms with Crippen molar-refractivity contribution >= 4 is 24.1 Å². The Labute approximate surface area is 224 Å². The van der Waals surface area contributed by atoms with Gasteiger partial charge in [0, 0.05) is 11.6 Å². The Hall–Kier alpha value is -5.44. The smallest absolute Gasteiger partial charge is 0.343 e. The number of methoxy groups -OCH3 is 1. The molecule has 0 aliphatic rings. The zero-order valence-electron chi connectivity index (χ0n) is 20.9. The molecule has 0 saturated heterocycles. The van der Waals surface area contributed by atoms with Crippen LogP contribution in [0, 0.1) is 0 Å². The summed E-state index contributed by atoms with van der Waals surface area (Å²) in [4.78, 5) is 37.4. The molecule has 39 heavy (non-hydrogen) atoms. The van der Waals surface area contributed by atoms with E-state index >= 15 is 0 Å². The van der Waals surface area contributed by atoms with Crippen molar-refractivity contribution in [3.8, 4) is 23.0 Å². The summed E-state index contributed by atoms with van der Waals surface area (Å²) in [6, 6.07) is 28.3. The summed E-state index contributed by atoms with van der Waals surface area (Å²) in [7, 11) is 1.50. The number of rotatable bonds is 10. The van der Waals surface area contributed by atoms with Crippen LogP contribution in [-0.2, 0) is 4.79 Å². The molecule has 0 saturated carbocycles. The first-order valence-corrected chi connectivity index (χ1v) is 11.8. The molecule has 0 aromatic heterocycles. The van der Waals surface area contributed by atoms with E-state index in [4.69, 9.17) is 18.9 Å². The zero-order valence-corrected chi connectivity index (χ0v) is 20.9. The fraction of sp³-hybridized carbons (Fsp3) is 0.0667. The first-order valence-electron chi connectivity index (χ1n) is 11.8. The number of hydrogen-bond donors (Lipinski definition) is 1. The van der Waals surface area contributed by atoms with Crippen LogP contribution in [0.4, 0.5) is 0 Å². The lowest BCUT2D eigenvalue weighted by atomic mass is 10.2. The van der Waals surface area contributed by atoms with Gasteiger partial charge in [0.2, 0.25) is 0 Å². The molecule has 0 aliphatic carbocycles. The van der Waals surface area contributed by atoms with Crippen molar-refractivity contribution in [1.82, 2.24) is 5.43 Å². The monoisotopic (exact) mass is 524 g/mol. The van der Waals surface area contributed by atoms with Gasteiger partial charge in [0.05, 0.1) is 24.5 Å². The average Bonchev–Trinajstić information content (AvgIpc) is 2.98. The van der Waals surface area contributed by atoms with Gasteiger partial charge < -0.3 is 18.9 Å². The Kier molecular flexibility index (Phi) is 9.01. The van der Waals surface area contributed by atoms with Gasteiger partial charge in [-0.05, 0) is 48.5 Å². The number of para-hydroxylation sites is 2. The van der Waals surface area contributed by atoms with Crippen molar-refractivity contribution in [2.24, 2.45) is 5.10 Å². The number of hydrogen-bond acceptors (Lipinski definition) is 8. The van der Waals surface area contributed by atoms with Crippen LogP contribution in [0.3, 0.4) is 0 Å². The van der Waals surface area contributed by atoms with Crippen molar-refractivity contribution in [2.75, 3.05) is 13.7 Å². The van der Waals surface area contributed by atoms with Crippen LogP contribution < -0.4 is 24.4 Å². The molecule has 4 aromatic carbocycles. The summed E-state index contributed by atoms with van der Waals surface area (Å²) in [5.41, 5.74) is 3.40. The maximum absolute atomic E-state index is 12.7. The van der Waals surface area contributed by atoms with E-state index < -0.39 is 17.8 Å². The zero-order chi connectivity index (χ0) is 27.5. The molecule has 4 aromatic rings. The number of benzene rings is 4. The van der Waals surface area contributed by atoms with Crippen LogP contribution in [0.25, 0.3) is 0 Å². The minimum Gasteiger partial charge on any atom is -0.493 e. The number of hydrazone groups is 1. The number of nitrogens with one attached hydrogen (secondary N) is 1. The summed E-state index contributed by atoms with van der Waals surface area (Å²) in [6.07, 6.45) is 1.30. The molecule has 0 atom stereocenters. The quantitative estimate of drug-likeness (QED) is 0.139. The third kappa shape index (κ3) is 7.53. The van der Waals surface area contributed by atoms with Crippen molar-refractivity contribution in [2.45, 2.75) is 0 Å². The van der Waals surface area contributed by atoms with Gasteiger partial charge in [-0.2, -0.15) is 5.10 Å². The van der Waals surface area contributed by atoms with E-state index in [1.807, 2.05) is 0 Å². The molecule has 196 valence electrons.